The van der Waals surface area contributed by atoms with Crippen molar-refractivity contribution < 1.29 is 47.2 Å². The number of rotatable bonds is 10. The first kappa shape index (κ1) is 42.4. The molecule has 5 rings (SSSR count). The normalized spacial score (nSPS) is 10.2. The van der Waals surface area contributed by atoms with Crippen molar-refractivity contribution in [2.75, 3.05) is 11.4 Å². The van der Waals surface area contributed by atoms with Gasteiger partial charge in [0.15, 0.2) is 23.3 Å². The molecule has 0 aliphatic heterocycles. The summed E-state index contributed by atoms with van der Waals surface area (Å²) in [6.07, 6.45) is 0. The number of amides is 1. The second-order valence-corrected chi connectivity index (χ2v) is 11.6. The van der Waals surface area contributed by atoms with E-state index < -0.39 is 40.0 Å². The predicted octanol–water partition coefficient (Wildman–Crippen LogP) is 7.35. The first-order valence-corrected chi connectivity index (χ1v) is 15.6. The topological polar surface area (TPSA) is 122 Å². The summed E-state index contributed by atoms with van der Waals surface area (Å²) in [6.45, 7) is 3.37. The maximum atomic E-state index is 13.3. The second kappa shape index (κ2) is 20.2. The third kappa shape index (κ3) is 11.9. The maximum absolute atomic E-state index is 13.3. The quantitative estimate of drug-likeness (QED) is 0.0510. The lowest BCUT2D eigenvalue weighted by Crippen LogP contribution is -2.37. The van der Waals surface area contributed by atoms with E-state index >= 15 is 0 Å². The zero-order valence-corrected chi connectivity index (χ0v) is 28.7. The molecule has 0 atom stereocenters. The van der Waals surface area contributed by atoms with Gasteiger partial charge in [0.2, 0.25) is 11.7 Å². The van der Waals surface area contributed by atoms with Crippen LogP contribution in [-0.4, -0.2) is 29.4 Å². The molecular weight excluding hydrogens is 715 g/mol. The van der Waals surface area contributed by atoms with Crippen molar-refractivity contribution in [3.8, 4) is 0 Å². The molecule has 1 amide bonds. The highest BCUT2D eigenvalue weighted by atomic mass is 35.5. The van der Waals surface area contributed by atoms with Crippen LogP contribution in [0.4, 0.5) is 27.6 Å². The molecule has 14 heteroatoms. The van der Waals surface area contributed by atoms with E-state index in [1.54, 1.807) is 29.2 Å². The molecule has 0 heterocycles. The third-order valence-electron chi connectivity index (χ3n) is 7.10. The van der Waals surface area contributed by atoms with E-state index in [-0.39, 0.29) is 30.0 Å². The van der Waals surface area contributed by atoms with E-state index in [2.05, 4.69) is 17.9 Å². The monoisotopic (exact) mass is 748 g/mol. The van der Waals surface area contributed by atoms with Gasteiger partial charge in [-0.15, -0.1) is 12.6 Å². The smallest absolute Gasteiger partial charge is 0.338 e. The number of halogens is 6. The third-order valence-corrected chi connectivity index (χ3v) is 7.74. The Morgan fingerprint density at radius 2 is 1.24 bits per heavy atom. The summed E-state index contributed by atoms with van der Waals surface area (Å²) in [5.74, 6) is -10.5. The van der Waals surface area contributed by atoms with Crippen LogP contribution in [0.25, 0.3) is 0 Å². The Morgan fingerprint density at radius 3 is 1.80 bits per heavy atom. The Hall–Kier alpha value is -4.79. The Morgan fingerprint density at radius 1 is 0.706 bits per heavy atom. The molecule has 5 aromatic carbocycles. The van der Waals surface area contributed by atoms with Gasteiger partial charge in [-0.1, -0.05) is 83.9 Å². The minimum atomic E-state index is -2.18. The van der Waals surface area contributed by atoms with Gasteiger partial charge in [-0.2, -0.15) is 0 Å². The maximum Gasteiger partial charge on any atom is 0.338 e. The van der Waals surface area contributed by atoms with Crippen molar-refractivity contribution in [3.63, 3.8) is 0 Å². The summed E-state index contributed by atoms with van der Waals surface area (Å²) in [4.78, 5) is 26.4. The summed E-state index contributed by atoms with van der Waals surface area (Å²) in [5, 5.41) is 3.90. The van der Waals surface area contributed by atoms with Crippen molar-refractivity contribution in [2.24, 2.45) is 0 Å². The molecule has 51 heavy (non-hydrogen) atoms. The summed E-state index contributed by atoms with van der Waals surface area (Å²) in [7, 11) is 0. The van der Waals surface area contributed by atoms with Crippen molar-refractivity contribution in [1.29, 1.82) is 0 Å². The summed E-state index contributed by atoms with van der Waals surface area (Å²) >= 11 is 9.06. The lowest BCUT2D eigenvalue weighted by molar-refractivity contribution is -0.118. The number of carbonyl (C=O) groups excluding carboxylic acids is 2. The van der Waals surface area contributed by atoms with Gasteiger partial charge in [-0.05, 0) is 60.0 Å². The van der Waals surface area contributed by atoms with E-state index in [1.165, 1.54) is 0 Å². The molecule has 7 nitrogen and oxygen atoms in total. The van der Waals surface area contributed by atoms with Crippen LogP contribution in [0.1, 0.15) is 32.6 Å². The number of nitrogens with zero attached hydrogens (tertiary/aromatic N) is 1. The number of thiol groups is 1. The molecular formula is C37H34ClF5N2O5S. The molecule has 0 radical (unpaired) electrons. The number of hydrogen-bond donors (Lipinski definition) is 2. The number of esters is 1. The van der Waals surface area contributed by atoms with E-state index in [4.69, 9.17) is 16.3 Å². The van der Waals surface area contributed by atoms with Crippen molar-refractivity contribution in [1.82, 2.24) is 5.32 Å². The van der Waals surface area contributed by atoms with Crippen LogP contribution in [0.15, 0.2) is 108 Å². The number of anilines is 1. The molecule has 270 valence electrons. The number of hydrogen-bond acceptors (Lipinski definition) is 5. The van der Waals surface area contributed by atoms with E-state index in [0.717, 1.165) is 22.3 Å². The van der Waals surface area contributed by atoms with Gasteiger partial charge in [-0.25, -0.2) is 26.7 Å². The van der Waals surface area contributed by atoms with Gasteiger partial charge < -0.3 is 25.9 Å². The Balaban J connectivity index is 0.000000549. The van der Waals surface area contributed by atoms with Gasteiger partial charge in [-0.3, -0.25) is 4.79 Å². The van der Waals surface area contributed by atoms with Crippen LogP contribution in [0.3, 0.4) is 0 Å². The van der Waals surface area contributed by atoms with E-state index in [1.807, 2.05) is 85.8 Å². The zero-order chi connectivity index (χ0) is 35.5. The molecule has 5 N–H and O–H groups in total. The minimum Gasteiger partial charge on any atom is -0.457 e. The summed E-state index contributed by atoms with van der Waals surface area (Å²) < 4.78 is 66.7. The Labute approximate surface area is 301 Å². The van der Waals surface area contributed by atoms with Crippen LogP contribution in [0, 0.1) is 36.0 Å². The van der Waals surface area contributed by atoms with Crippen LogP contribution in [0.2, 0.25) is 5.02 Å². The summed E-state index contributed by atoms with van der Waals surface area (Å²) in [6, 6.07) is 32.1. The van der Waals surface area contributed by atoms with Crippen molar-refractivity contribution in [2.45, 2.75) is 31.5 Å². The second-order valence-electron chi connectivity index (χ2n) is 10.7. The van der Waals surface area contributed by atoms with Gasteiger partial charge in [0.1, 0.15) is 6.61 Å². The largest absolute Gasteiger partial charge is 0.457 e. The highest BCUT2D eigenvalue weighted by Crippen LogP contribution is 2.25. The summed E-state index contributed by atoms with van der Waals surface area (Å²) in [5.41, 5.74) is 5.28. The first-order valence-electron chi connectivity index (χ1n) is 14.8. The van der Waals surface area contributed by atoms with Gasteiger partial charge in [0, 0.05) is 17.3 Å². The fourth-order valence-corrected chi connectivity index (χ4v) is 4.71. The molecule has 0 unspecified atom stereocenters. The minimum absolute atomic E-state index is 0. The predicted molar refractivity (Wildman–Crippen MR) is 188 cm³/mol. The SMILES string of the molecule is Cc1ccc(CN(C(=O)CNCc2ccc(Cl)cc2)c2ccc(C(=O)OCc3ccccc3)cc2)cc1.Fc1c(F)c(F)c(S)c(F)c1F.O.O. The molecule has 0 fully saturated rings. The number of carbonyl (C=O) groups is 2. The average molecular weight is 749 g/mol. The van der Waals surface area contributed by atoms with E-state index in [9.17, 15) is 31.5 Å². The Bertz CT molecular complexity index is 1780. The molecule has 0 bridgehead atoms. The standard InChI is InChI=1S/C31H29ClN2O3.C6HF5S.2H2O/c1-23-7-9-25(10-8-23)21-34(30(35)20-33-19-24-11-15-28(32)16-12-24)29-17-13-27(14-18-29)31(36)37-22-26-5-3-2-4-6-26;7-1-2(8)4(10)6(12)5(11)3(1)9;;/h2-18,33H,19-22H2,1H3;12H;2*1H2. The number of ether oxygens (including phenoxy) is 1. The lowest BCUT2D eigenvalue weighted by atomic mass is 10.1. The highest BCUT2D eigenvalue weighted by Gasteiger charge is 2.23. The highest BCUT2D eigenvalue weighted by molar-refractivity contribution is 7.80. The van der Waals surface area contributed by atoms with Gasteiger partial charge >= 0.3 is 5.97 Å². The van der Waals surface area contributed by atoms with E-state index in [0.29, 0.717) is 29.4 Å². The molecule has 0 aliphatic rings. The van der Waals surface area contributed by atoms with Crippen LogP contribution >= 0.6 is 24.2 Å². The molecule has 5 aromatic rings. The van der Waals surface area contributed by atoms with Crippen molar-refractivity contribution in [3.05, 3.63) is 165 Å². The fourth-order valence-electron chi connectivity index (χ4n) is 4.39. The molecule has 0 saturated heterocycles. The van der Waals surface area contributed by atoms with Crippen molar-refractivity contribution >= 4 is 41.8 Å². The first-order chi connectivity index (χ1) is 23.4. The average Bonchev–Trinajstić information content (AvgIpc) is 3.12. The zero-order valence-electron chi connectivity index (χ0n) is 27.0. The number of nitrogens with one attached hydrogen (secondary N) is 1. The lowest BCUT2D eigenvalue weighted by Gasteiger charge is -2.24. The number of aryl methyl sites for hydroxylation is 1. The molecule has 0 spiro atoms. The van der Waals surface area contributed by atoms with Crippen LogP contribution < -0.4 is 10.2 Å². The molecule has 0 saturated carbocycles. The Kier molecular flexibility index (Phi) is 16.7. The van der Waals surface area contributed by atoms with Gasteiger partial charge in [0.25, 0.3) is 0 Å². The van der Waals surface area contributed by atoms with Crippen LogP contribution in [0.5, 0.6) is 0 Å². The van der Waals surface area contributed by atoms with Gasteiger partial charge in [0.05, 0.1) is 23.5 Å². The van der Waals surface area contributed by atoms with Crippen LogP contribution in [-0.2, 0) is 29.2 Å². The number of benzene rings is 5. The fraction of sp³-hybridized carbons (Fsp3) is 0.135. The molecule has 0 aliphatic carbocycles. The molecule has 0 aromatic heterocycles.